The molecule has 0 saturated heterocycles. The van der Waals surface area contributed by atoms with E-state index in [9.17, 15) is 0 Å². The third-order valence-electron chi connectivity index (χ3n) is 2.24. The molecule has 0 aromatic carbocycles. The minimum atomic E-state index is 0.450. The van der Waals surface area contributed by atoms with Crippen molar-refractivity contribution in [1.29, 1.82) is 0 Å². The van der Waals surface area contributed by atoms with Gasteiger partial charge in [0, 0.05) is 25.7 Å². The highest BCUT2D eigenvalue weighted by atomic mass is 35.5. The molecule has 84 valence electrons. The third-order valence-corrected chi connectivity index (χ3v) is 2.83. The average Bonchev–Trinajstić information content (AvgIpc) is 2.25. The molecule has 1 aromatic heterocycles. The Kier molecular flexibility index (Phi) is 5.20. The fourth-order valence-electron chi connectivity index (χ4n) is 1.33. The van der Waals surface area contributed by atoms with Crippen LogP contribution in [0.2, 0.25) is 5.02 Å². The molecule has 1 heterocycles. The largest absolute Gasteiger partial charge is 0.358 e. The predicted molar refractivity (Wildman–Crippen MR) is 67.0 cm³/mol. The van der Waals surface area contributed by atoms with Gasteiger partial charge in [-0.05, 0) is 18.1 Å². The van der Waals surface area contributed by atoms with Gasteiger partial charge < -0.3 is 4.90 Å². The summed E-state index contributed by atoms with van der Waals surface area (Å²) in [7, 11) is 2.00. The van der Waals surface area contributed by atoms with Crippen molar-refractivity contribution in [2.45, 2.75) is 25.6 Å². The van der Waals surface area contributed by atoms with Gasteiger partial charge in [-0.1, -0.05) is 24.9 Å². The number of hydrogen-bond acceptors (Lipinski definition) is 2. The lowest BCUT2D eigenvalue weighted by molar-refractivity contribution is 0.759. The predicted octanol–water partition coefficient (Wildman–Crippen LogP) is 3.71. The second-order valence-electron chi connectivity index (χ2n) is 3.56. The summed E-state index contributed by atoms with van der Waals surface area (Å²) in [6.07, 6.45) is 4.09. The van der Waals surface area contributed by atoms with Crippen LogP contribution in [0, 0.1) is 0 Å². The molecule has 0 N–H and O–H groups in total. The van der Waals surface area contributed by atoms with E-state index in [1.165, 1.54) is 6.42 Å². The fraction of sp³-hybridized carbons (Fsp3) is 0.545. The molecule has 1 aromatic rings. The number of alkyl halides is 1. The Hall–Kier alpha value is -0.470. The van der Waals surface area contributed by atoms with Gasteiger partial charge in [0.2, 0.25) is 0 Å². The second-order valence-corrected chi connectivity index (χ2v) is 4.23. The molecule has 0 amide bonds. The zero-order valence-electron chi connectivity index (χ0n) is 9.13. The Morgan fingerprint density at radius 2 is 2.20 bits per heavy atom. The highest BCUT2D eigenvalue weighted by Crippen LogP contribution is 2.23. The molecular formula is C11H16Cl2N2. The Balaban J connectivity index is 2.76. The maximum atomic E-state index is 6.12. The minimum Gasteiger partial charge on any atom is -0.358 e. The molecule has 0 fully saturated rings. The molecule has 1 rings (SSSR count). The summed E-state index contributed by atoms with van der Waals surface area (Å²) in [6, 6.07) is 1.87. The second kappa shape index (κ2) is 6.19. The van der Waals surface area contributed by atoms with Crippen LogP contribution in [-0.4, -0.2) is 18.6 Å². The van der Waals surface area contributed by atoms with E-state index in [0.29, 0.717) is 10.9 Å². The average molecular weight is 247 g/mol. The maximum Gasteiger partial charge on any atom is 0.147 e. The SMILES string of the molecule is CCCCN(C)c1ncc(CCl)cc1Cl. The van der Waals surface area contributed by atoms with Crippen molar-refractivity contribution in [3.63, 3.8) is 0 Å². The summed E-state index contributed by atoms with van der Waals surface area (Å²) in [6.45, 7) is 3.14. The molecular weight excluding hydrogens is 231 g/mol. The van der Waals surface area contributed by atoms with Gasteiger partial charge in [0.05, 0.1) is 5.02 Å². The first-order valence-corrected chi connectivity index (χ1v) is 6.01. The lowest BCUT2D eigenvalue weighted by atomic mass is 10.3. The number of pyridine rings is 1. The Labute approximate surface area is 101 Å². The number of nitrogens with zero attached hydrogens (tertiary/aromatic N) is 2. The van der Waals surface area contributed by atoms with Gasteiger partial charge in [0.1, 0.15) is 5.82 Å². The van der Waals surface area contributed by atoms with Crippen LogP contribution in [-0.2, 0) is 5.88 Å². The summed E-state index contributed by atoms with van der Waals surface area (Å²) in [5.74, 6) is 1.28. The van der Waals surface area contributed by atoms with Gasteiger partial charge in [0.15, 0.2) is 0 Å². The molecule has 15 heavy (non-hydrogen) atoms. The number of rotatable bonds is 5. The zero-order chi connectivity index (χ0) is 11.3. The van der Waals surface area contributed by atoms with Crippen molar-refractivity contribution in [1.82, 2.24) is 4.98 Å². The van der Waals surface area contributed by atoms with Crippen molar-refractivity contribution in [2.75, 3.05) is 18.5 Å². The highest BCUT2D eigenvalue weighted by molar-refractivity contribution is 6.33. The molecule has 0 aliphatic carbocycles. The topological polar surface area (TPSA) is 16.1 Å². The summed E-state index contributed by atoms with van der Waals surface area (Å²) >= 11 is 11.8. The van der Waals surface area contributed by atoms with Crippen molar-refractivity contribution >= 4 is 29.0 Å². The van der Waals surface area contributed by atoms with Crippen LogP contribution in [0.1, 0.15) is 25.3 Å². The molecule has 0 atom stereocenters. The molecule has 0 saturated carbocycles. The molecule has 0 aliphatic heterocycles. The smallest absolute Gasteiger partial charge is 0.147 e. The van der Waals surface area contributed by atoms with E-state index in [0.717, 1.165) is 24.3 Å². The van der Waals surface area contributed by atoms with Gasteiger partial charge in [0.25, 0.3) is 0 Å². The zero-order valence-corrected chi connectivity index (χ0v) is 10.6. The lowest BCUT2D eigenvalue weighted by Gasteiger charge is -2.19. The van der Waals surface area contributed by atoms with Crippen molar-refractivity contribution in [2.24, 2.45) is 0 Å². The summed E-state index contributed by atoms with van der Waals surface area (Å²) in [4.78, 5) is 6.38. The van der Waals surface area contributed by atoms with E-state index in [4.69, 9.17) is 23.2 Å². The van der Waals surface area contributed by atoms with Crippen LogP contribution in [0.5, 0.6) is 0 Å². The van der Waals surface area contributed by atoms with Crippen molar-refractivity contribution in [3.8, 4) is 0 Å². The summed E-state index contributed by atoms with van der Waals surface area (Å²) in [5.41, 5.74) is 0.953. The van der Waals surface area contributed by atoms with Crippen LogP contribution in [0.15, 0.2) is 12.3 Å². The fourth-order valence-corrected chi connectivity index (χ4v) is 1.80. The number of halogens is 2. The van der Waals surface area contributed by atoms with Crippen LogP contribution in [0.25, 0.3) is 0 Å². The molecule has 0 radical (unpaired) electrons. The van der Waals surface area contributed by atoms with E-state index < -0.39 is 0 Å². The standard InChI is InChI=1S/C11H16Cl2N2/c1-3-4-5-15(2)11-10(13)6-9(7-12)8-14-11/h6,8H,3-5,7H2,1-2H3. The quantitative estimate of drug-likeness (QED) is 0.737. The van der Waals surface area contributed by atoms with Crippen molar-refractivity contribution < 1.29 is 0 Å². The van der Waals surface area contributed by atoms with E-state index in [-0.39, 0.29) is 0 Å². The van der Waals surface area contributed by atoms with E-state index in [1.807, 2.05) is 13.1 Å². The van der Waals surface area contributed by atoms with Gasteiger partial charge in [-0.2, -0.15) is 0 Å². The highest BCUT2D eigenvalue weighted by Gasteiger charge is 2.07. The Morgan fingerprint density at radius 1 is 1.47 bits per heavy atom. The van der Waals surface area contributed by atoms with Crippen LogP contribution in [0.3, 0.4) is 0 Å². The summed E-state index contributed by atoms with van der Waals surface area (Å²) in [5, 5.41) is 0.673. The Morgan fingerprint density at radius 3 is 2.73 bits per heavy atom. The molecule has 0 unspecified atom stereocenters. The number of aromatic nitrogens is 1. The van der Waals surface area contributed by atoms with E-state index in [2.05, 4.69) is 16.8 Å². The first-order chi connectivity index (χ1) is 7.19. The molecule has 2 nitrogen and oxygen atoms in total. The van der Waals surface area contributed by atoms with Gasteiger partial charge in [-0.15, -0.1) is 11.6 Å². The summed E-state index contributed by atoms with van der Waals surface area (Å²) < 4.78 is 0. The van der Waals surface area contributed by atoms with Crippen LogP contribution in [0.4, 0.5) is 5.82 Å². The van der Waals surface area contributed by atoms with Crippen molar-refractivity contribution in [3.05, 3.63) is 22.8 Å². The van der Waals surface area contributed by atoms with Gasteiger partial charge in [-0.3, -0.25) is 0 Å². The minimum absolute atomic E-state index is 0.450. The van der Waals surface area contributed by atoms with E-state index >= 15 is 0 Å². The molecule has 0 aliphatic rings. The van der Waals surface area contributed by atoms with Crippen LogP contribution >= 0.6 is 23.2 Å². The molecule has 0 spiro atoms. The van der Waals surface area contributed by atoms with Gasteiger partial charge >= 0.3 is 0 Å². The first kappa shape index (κ1) is 12.6. The third kappa shape index (κ3) is 3.54. The monoisotopic (exact) mass is 246 g/mol. The molecule has 4 heteroatoms. The Bertz CT molecular complexity index is 315. The first-order valence-electron chi connectivity index (χ1n) is 5.10. The number of unbranched alkanes of at least 4 members (excludes halogenated alkanes) is 1. The normalized spacial score (nSPS) is 10.4. The number of anilines is 1. The molecule has 0 bridgehead atoms. The lowest BCUT2D eigenvalue weighted by Crippen LogP contribution is -2.19. The number of hydrogen-bond donors (Lipinski definition) is 0. The van der Waals surface area contributed by atoms with E-state index in [1.54, 1.807) is 6.20 Å². The van der Waals surface area contributed by atoms with Gasteiger partial charge in [-0.25, -0.2) is 4.98 Å². The van der Waals surface area contributed by atoms with Crippen LogP contribution < -0.4 is 4.90 Å². The maximum absolute atomic E-state index is 6.12.